The molecule has 1 heterocycles. The van der Waals surface area contributed by atoms with Crippen molar-refractivity contribution in [1.29, 1.82) is 0 Å². The van der Waals surface area contributed by atoms with E-state index < -0.39 is 17.2 Å². The number of nitrogens with zero attached hydrogens (tertiary/aromatic N) is 2. The molecule has 0 aliphatic heterocycles. The van der Waals surface area contributed by atoms with Crippen molar-refractivity contribution in [2.75, 3.05) is 7.11 Å². The van der Waals surface area contributed by atoms with E-state index in [1.165, 1.54) is 12.1 Å². The van der Waals surface area contributed by atoms with E-state index in [0.29, 0.717) is 11.3 Å². The maximum absolute atomic E-state index is 13.7. The third-order valence-electron chi connectivity index (χ3n) is 3.93. The fourth-order valence-electron chi connectivity index (χ4n) is 2.41. The predicted molar refractivity (Wildman–Crippen MR) is 102 cm³/mol. The number of hydrogen-bond acceptors (Lipinski definition) is 7. The molecule has 0 bridgehead atoms. The Bertz CT molecular complexity index is 945. The van der Waals surface area contributed by atoms with Crippen molar-refractivity contribution in [2.24, 2.45) is 0 Å². The van der Waals surface area contributed by atoms with Gasteiger partial charge in [-0.05, 0) is 50.2 Å². The highest BCUT2D eigenvalue weighted by Crippen LogP contribution is 2.28. The van der Waals surface area contributed by atoms with Gasteiger partial charge in [0.25, 0.3) is 11.1 Å². The van der Waals surface area contributed by atoms with Gasteiger partial charge in [0.2, 0.25) is 0 Å². The molecular formula is C20H19FN2O4S. The van der Waals surface area contributed by atoms with Crippen LogP contribution in [-0.4, -0.2) is 28.3 Å². The Morgan fingerprint density at radius 1 is 1.11 bits per heavy atom. The van der Waals surface area contributed by atoms with Crippen molar-refractivity contribution in [3.63, 3.8) is 0 Å². The van der Waals surface area contributed by atoms with E-state index in [0.717, 1.165) is 11.8 Å². The Morgan fingerprint density at radius 3 is 2.50 bits per heavy atom. The van der Waals surface area contributed by atoms with Crippen LogP contribution in [0.25, 0.3) is 0 Å². The third-order valence-corrected chi connectivity index (χ3v) is 4.87. The number of carbonyl (C=O) groups is 1. The summed E-state index contributed by atoms with van der Waals surface area (Å²) >= 11 is 1.15. The van der Waals surface area contributed by atoms with Gasteiger partial charge < -0.3 is 13.9 Å². The van der Waals surface area contributed by atoms with Gasteiger partial charge in [0, 0.05) is 5.56 Å². The van der Waals surface area contributed by atoms with E-state index >= 15 is 0 Å². The molecule has 0 N–H and O–H groups in total. The van der Waals surface area contributed by atoms with Crippen molar-refractivity contribution < 1.29 is 23.1 Å². The summed E-state index contributed by atoms with van der Waals surface area (Å²) in [4.78, 5) is 12.6. The maximum atomic E-state index is 13.7. The second-order valence-electron chi connectivity index (χ2n) is 5.95. The molecule has 0 aliphatic rings. The molecule has 0 spiro atoms. The van der Waals surface area contributed by atoms with Crippen molar-refractivity contribution >= 4 is 17.5 Å². The number of aromatic nitrogens is 2. The zero-order valence-corrected chi connectivity index (χ0v) is 16.4. The molecule has 28 heavy (non-hydrogen) atoms. The van der Waals surface area contributed by atoms with Crippen LogP contribution in [0.4, 0.5) is 4.39 Å². The zero-order valence-electron chi connectivity index (χ0n) is 15.6. The molecule has 0 aliphatic carbocycles. The van der Waals surface area contributed by atoms with Crippen LogP contribution < -0.4 is 9.47 Å². The normalized spacial score (nSPS) is 13.0. The first-order chi connectivity index (χ1) is 13.5. The molecule has 8 heteroatoms. The number of para-hydroxylation sites is 1. The van der Waals surface area contributed by atoms with Gasteiger partial charge in [-0.1, -0.05) is 23.9 Å². The summed E-state index contributed by atoms with van der Waals surface area (Å²) in [7, 11) is 1.57. The largest absolute Gasteiger partial charge is 0.497 e. The molecule has 3 aromatic rings. The summed E-state index contributed by atoms with van der Waals surface area (Å²) < 4.78 is 29.9. The zero-order chi connectivity index (χ0) is 20.1. The Morgan fingerprint density at radius 2 is 1.82 bits per heavy atom. The predicted octanol–water partition coefficient (Wildman–Crippen LogP) is 4.72. The highest BCUT2D eigenvalue weighted by atomic mass is 32.2. The standard InChI is InChI=1S/C20H19FN2O4S/c1-12(26-17-7-5-4-6-16(17)21)19-22-23-20(27-19)28-13(2)18(24)14-8-10-15(25-3)11-9-14/h4-13H,1-3H3/t12-,13+/m0/s1. The number of carbonyl (C=O) groups excluding carboxylic acids is 1. The van der Waals surface area contributed by atoms with Crippen molar-refractivity contribution in [1.82, 2.24) is 10.2 Å². The topological polar surface area (TPSA) is 74.5 Å². The molecule has 0 fully saturated rings. The van der Waals surface area contributed by atoms with E-state index in [1.807, 2.05) is 0 Å². The number of thioether (sulfide) groups is 1. The van der Waals surface area contributed by atoms with Crippen LogP contribution in [0, 0.1) is 5.82 Å². The summed E-state index contributed by atoms with van der Waals surface area (Å²) in [5.41, 5.74) is 0.566. The highest BCUT2D eigenvalue weighted by Gasteiger charge is 2.22. The fraction of sp³-hybridized carbons (Fsp3) is 0.250. The first-order valence-electron chi connectivity index (χ1n) is 8.57. The molecule has 3 rings (SSSR count). The Balaban J connectivity index is 1.63. The van der Waals surface area contributed by atoms with Crippen molar-refractivity contribution in [3.8, 4) is 11.5 Å². The summed E-state index contributed by atoms with van der Waals surface area (Å²) in [6, 6.07) is 13.0. The van der Waals surface area contributed by atoms with Gasteiger partial charge in [-0.3, -0.25) is 4.79 Å². The quantitative estimate of drug-likeness (QED) is 0.399. The number of halogens is 1. The lowest BCUT2D eigenvalue weighted by atomic mass is 10.1. The smallest absolute Gasteiger partial charge is 0.277 e. The van der Waals surface area contributed by atoms with Crippen molar-refractivity contribution in [3.05, 3.63) is 65.8 Å². The second-order valence-corrected chi connectivity index (χ2v) is 7.24. The number of methoxy groups -OCH3 is 1. The average molecular weight is 402 g/mol. The number of hydrogen-bond donors (Lipinski definition) is 0. The third kappa shape index (κ3) is 4.69. The number of rotatable bonds is 8. The van der Waals surface area contributed by atoms with E-state index in [4.69, 9.17) is 13.9 Å². The monoisotopic (exact) mass is 402 g/mol. The molecule has 2 atom stereocenters. The molecule has 6 nitrogen and oxygen atoms in total. The number of benzene rings is 2. The summed E-state index contributed by atoms with van der Waals surface area (Å²) in [6.07, 6.45) is -0.633. The Labute approximate surface area is 166 Å². The molecule has 0 amide bonds. The number of ether oxygens (including phenoxy) is 2. The van der Waals surface area contributed by atoms with Gasteiger partial charge in [0.1, 0.15) is 5.75 Å². The van der Waals surface area contributed by atoms with E-state index in [9.17, 15) is 9.18 Å². The molecule has 0 saturated heterocycles. The molecule has 146 valence electrons. The van der Waals surface area contributed by atoms with Crippen LogP contribution in [-0.2, 0) is 0 Å². The fourth-order valence-corrected chi connectivity index (χ4v) is 3.18. The minimum atomic E-state index is -0.633. The molecule has 0 radical (unpaired) electrons. The van der Waals surface area contributed by atoms with E-state index in [-0.39, 0.29) is 22.6 Å². The molecule has 1 aromatic heterocycles. The van der Waals surface area contributed by atoms with Crippen LogP contribution in [0.5, 0.6) is 11.5 Å². The van der Waals surface area contributed by atoms with Crippen molar-refractivity contribution in [2.45, 2.75) is 30.4 Å². The van der Waals surface area contributed by atoms with Crippen LogP contribution in [0.3, 0.4) is 0 Å². The first kappa shape index (κ1) is 19.9. The summed E-state index contributed by atoms with van der Waals surface area (Å²) in [5.74, 6) is 0.452. The van der Waals surface area contributed by atoms with E-state index in [2.05, 4.69) is 10.2 Å². The van der Waals surface area contributed by atoms with Gasteiger partial charge in [-0.25, -0.2) is 4.39 Å². The van der Waals surface area contributed by atoms with Crippen LogP contribution >= 0.6 is 11.8 Å². The van der Waals surface area contributed by atoms with Crippen LogP contribution in [0.2, 0.25) is 0 Å². The molecular weight excluding hydrogens is 383 g/mol. The van der Waals surface area contributed by atoms with Gasteiger partial charge in [0.05, 0.1) is 12.4 Å². The Kier molecular flexibility index (Phi) is 6.30. The number of Topliss-reactive ketones (excluding diaryl/α,β-unsaturated/α-hetero) is 1. The molecule has 2 aromatic carbocycles. The lowest BCUT2D eigenvalue weighted by molar-refractivity contribution is 0.0993. The minimum absolute atomic E-state index is 0.0666. The minimum Gasteiger partial charge on any atom is -0.497 e. The number of ketones is 1. The van der Waals surface area contributed by atoms with Gasteiger partial charge in [0.15, 0.2) is 23.5 Å². The Hall–Kier alpha value is -2.87. The molecule has 0 unspecified atom stereocenters. The van der Waals surface area contributed by atoms with Gasteiger partial charge in [-0.15, -0.1) is 10.2 Å². The van der Waals surface area contributed by atoms with Crippen LogP contribution in [0.15, 0.2) is 58.2 Å². The van der Waals surface area contributed by atoms with Gasteiger partial charge >= 0.3 is 0 Å². The van der Waals surface area contributed by atoms with E-state index in [1.54, 1.807) is 57.4 Å². The lowest BCUT2D eigenvalue weighted by Gasteiger charge is -2.11. The first-order valence-corrected chi connectivity index (χ1v) is 9.45. The maximum Gasteiger partial charge on any atom is 0.277 e. The van der Waals surface area contributed by atoms with Crippen LogP contribution in [0.1, 0.15) is 36.2 Å². The highest BCUT2D eigenvalue weighted by molar-refractivity contribution is 8.00. The summed E-state index contributed by atoms with van der Waals surface area (Å²) in [6.45, 7) is 3.45. The molecule has 0 saturated carbocycles. The SMILES string of the molecule is COc1ccc(C(=O)[C@@H](C)Sc2nnc([C@H](C)Oc3ccccc3F)o2)cc1. The summed E-state index contributed by atoms with van der Waals surface area (Å²) in [5, 5.41) is 7.70. The average Bonchev–Trinajstić information content (AvgIpc) is 3.18. The second kappa shape index (κ2) is 8.88. The lowest BCUT2D eigenvalue weighted by Crippen LogP contribution is -2.13. The van der Waals surface area contributed by atoms with Gasteiger partial charge in [-0.2, -0.15) is 0 Å².